The second-order valence-electron chi connectivity index (χ2n) is 6.21. The minimum atomic E-state index is -0.286. The molecule has 110 valence electrons. The van der Waals surface area contributed by atoms with E-state index in [1.54, 1.807) is 0 Å². The van der Waals surface area contributed by atoms with E-state index in [2.05, 4.69) is 10.2 Å². The van der Waals surface area contributed by atoms with E-state index < -0.39 is 0 Å². The smallest absolute Gasteiger partial charge is 0.165 e. The summed E-state index contributed by atoms with van der Waals surface area (Å²) in [5.74, 6) is 0.0568. The Bertz CT molecular complexity index is 472. The zero-order valence-electron chi connectivity index (χ0n) is 12.1. The molecule has 2 aliphatic heterocycles. The Morgan fingerprint density at radius 3 is 3.05 bits per heavy atom. The summed E-state index contributed by atoms with van der Waals surface area (Å²) in [5, 5.41) is 3.53. The van der Waals surface area contributed by atoms with Gasteiger partial charge in [-0.1, -0.05) is 6.07 Å². The van der Waals surface area contributed by atoms with Crippen molar-refractivity contribution in [2.45, 2.75) is 25.8 Å². The molecule has 1 atom stereocenters. The summed E-state index contributed by atoms with van der Waals surface area (Å²) in [5.41, 5.74) is 1.60. The molecule has 0 aliphatic carbocycles. The van der Waals surface area contributed by atoms with Crippen molar-refractivity contribution in [3.8, 4) is 5.75 Å². The number of ether oxygens (including phenoxy) is 1. The van der Waals surface area contributed by atoms with Crippen LogP contribution in [0.25, 0.3) is 0 Å². The fraction of sp³-hybridized carbons (Fsp3) is 0.625. The van der Waals surface area contributed by atoms with Gasteiger partial charge in [0.15, 0.2) is 11.6 Å². The first-order valence-electron chi connectivity index (χ1n) is 7.46. The molecule has 1 N–H and O–H groups in total. The van der Waals surface area contributed by atoms with Gasteiger partial charge in [0.1, 0.15) is 0 Å². The summed E-state index contributed by atoms with van der Waals surface area (Å²) in [6, 6.07) is 5.18. The highest BCUT2D eigenvalue weighted by atomic mass is 19.1. The molecular formula is C16H23FN2O. The fourth-order valence-electron chi connectivity index (χ4n) is 3.60. The molecule has 1 aromatic rings. The average molecular weight is 278 g/mol. The highest BCUT2D eigenvalue weighted by Gasteiger charge is 2.38. The molecule has 2 heterocycles. The monoisotopic (exact) mass is 278 g/mol. The summed E-state index contributed by atoms with van der Waals surface area (Å²) in [6.45, 7) is 5.49. The number of hydrogen-bond donors (Lipinski definition) is 1. The minimum absolute atomic E-state index is 0.286. The lowest BCUT2D eigenvalue weighted by molar-refractivity contribution is 0.199. The molecule has 20 heavy (non-hydrogen) atoms. The van der Waals surface area contributed by atoms with E-state index in [0.717, 1.165) is 38.3 Å². The molecule has 0 unspecified atom stereocenters. The van der Waals surface area contributed by atoms with Crippen LogP contribution in [0.15, 0.2) is 18.2 Å². The molecule has 0 amide bonds. The van der Waals surface area contributed by atoms with E-state index in [0.29, 0.717) is 11.2 Å². The molecule has 0 bridgehead atoms. The van der Waals surface area contributed by atoms with E-state index in [4.69, 9.17) is 4.74 Å². The maximum atomic E-state index is 13.4. The first kappa shape index (κ1) is 13.8. The molecule has 1 aromatic carbocycles. The number of nitrogens with zero attached hydrogens (tertiary/aromatic N) is 1. The largest absolute Gasteiger partial charge is 0.494 e. The molecule has 2 fully saturated rings. The highest BCUT2D eigenvalue weighted by molar-refractivity contribution is 5.30. The van der Waals surface area contributed by atoms with Crippen molar-refractivity contribution in [2.75, 3.05) is 33.3 Å². The summed E-state index contributed by atoms with van der Waals surface area (Å²) >= 11 is 0. The average Bonchev–Trinajstić information content (AvgIpc) is 2.84. The number of methoxy groups -OCH3 is 1. The maximum Gasteiger partial charge on any atom is 0.165 e. The van der Waals surface area contributed by atoms with Gasteiger partial charge in [0.05, 0.1) is 7.11 Å². The zero-order valence-corrected chi connectivity index (χ0v) is 12.1. The predicted octanol–water partition coefficient (Wildman–Crippen LogP) is 2.41. The van der Waals surface area contributed by atoms with Crippen LogP contribution in [0.3, 0.4) is 0 Å². The second kappa shape index (κ2) is 5.70. The summed E-state index contributed by atoms with van der Waals surface area (Å²) in [6.07, 6.45) is 3.90. The lowest BCUT2D eigenvalue weighted by Crippen LogP contribution is -2.41. The molecule has 0 saturated carbocycles. The van der Waals surface area contributed by atoms with E-state index in [1.165, 1.54) is 32.4 Å². The van der Waals surface area contributed by atoms with Gasteiger partial charge in [0.25, 0.3) is 0 Å². The molecule has 0 radical (unpaired) electrons. The third kappa shape index (κ3) is 2.81. The van der Waals surface area contributed by atoms with Crippen LogP contribution < -0.4 is 10.1 Å². The van der Waals surface area contributed by atoms with Gasteiger partial charge in [-0.25, -0.2) is 4.39 Å². The first-order chi connectivity index (χ1) is 9.71. The SMILES string of the molecule is COc1cc(CN2CC[C@@]3(CCCNC3)C2)ccc1F. The van der Waals surface area contributed by atoms with Crippen molar-refractivity contribution < 1.29 is 9.13 Å². The zero-order chi connectivity index (χ0) is 14.0. The molecule has 2 saturated heterocycles. The lowest BCUT2D eigenvalue weighted by atomic mass is 9.80. The van der Waals surface area contributed by atoms with Gasteiger partial charge in [-0.05, 0) is 55.5 Å². The van der Waals surface area contributed by atoms with Crippen LogP contribution in [0.1, 0.15) is 24.8 Å². The topological polar surface area (TPSA) is 24.5 Å². The molecular weight excluding hydrogens is 255 g/mol. The van der Waals surface area contributed by atoms with E-state index in [1.807, 2.05) is 12.1 Å². The van der Waals surface area contributed by atoms with Crippen molar-refractivity contribution in [3.05, 3.63) is 29.6 Å². The number of benzene rings is 1. The van der Waals surface area contributed by atoms with Crippen molar-refractivity contribution in [1.82, 2.24) is 10.2 Å². The van der Waals surface area contributed by atoms with Crippen LogP contribution in [0.5, 0.6) is 5.75 Å². The fourth-order valence-corrected chi connectivity index (χ4v) is 3.60. The normalized spacial score (nSPS) is 27.1. The van der Waals surface area contributed by atoms with Crippen LogP contribution in [0.2, 0.25) is 0 Å². The number of hydrogen-bond acceptors (Lipinski definition) is 3. The third-order valence-corrected chi connectivity index (χ3v) is 4.70. The predicted molar refractivity (Wildman–Crippen MR) is 77.4 cm³/mol. The Morgan fingerprint density at radius 2 is 2.30 bits per heavy atom. The van der Waals surface area contributed by atoms with Crippen molar-refractivity contribution in [1.29, 1.82) is 0 Å². The molecule has 3 rings (SSSR count). The van der Waals surface area contributed by atoms with Crippen LogP contribution in [-0.4, -0.2) is 38.2 Å². The standard InChI is InChI=1S/C16H23FN2O/c1-20-15-9-13(3-4-14(15)17)10-19-8-6-16(12-19)5-2-7-18-11-16/h3-4,9,18H,2,5-8,10-12H2,1H3/t16-/m1/s1. The summed E-state index contributed by atoms with van der Waals surface area (Å²) < 4.78 is 18.5. The molecule has 3 nitrogen and oxygen atoms in total. The van der Waals surface area contributed by atoms with E-state index in [-0.39, 0.29) is 5.82 Å². The maximum absolute atomic E-state index is 13.4. The Morgan fingerprint density at radius 1 is 1.40 bits per heavy atom. The van der Waals surface area contributed by atoms with Crippen molar-refractivity contribution in [3.63, 3.8) is 0 Å². The Hall–Kier alpha value is -1.13. The Labute approximate surface area is 120 Å². The van der Waals surface area contributed by atoms with E-state index >= 15 is 0 Å². The highest BCUT2D eigenvalue weighted by Crippen LogP contribution is 2.37. The summed E-state index contributed by atoms with van der Waals surface area (Å²) in [4.78, 5) is 2.49. The minimum Gasteiger partial charge on any atom is -0.494 e. The number of likely N-dealkylation sites (tertiary alicyclic amines) is 1. The van der Waals surface area contributed by atoms with Gasteiger partial charge in [-0.2, -0.15) is 0 Å². The van der Waals surface area contributed by atoms with Gasteiger partial charge in [-0.15, -0.1) is 0 Å². The number of nitrogens with one attached hydrogen (secondary N) is 1. The lowest BCUT2D eigenvalue weighted by Gasteiger charge is -2.34. The van der Waals surface area contributed by atoms with Gasteiger partial charge in [0.2, 0.25) is 0 Å². The van der Waals surface area contributed by atoms with Gasteiger partial charge in [0, 0.05) is 19.6 Å². The molecule has 2 aliphatic rings. The Balaban J connectivity index is 1.64. The molecule has 0 aromatic heterocycles. The quantitative estimate of drug-likeness (QED) is 0.919. The van der Waals surface area contributed by atoms with Crippen LogP contribution in [-0.2, 0) is 6.54 Å². The number of piperidine rings is 1. The van der Waals surface area contributed by atoms with Gasteiger partial charge < -0.3 is 10.1 Å². The van der Waals surface area contributed by atoms with Crippen molar-refractivity contribution in [2.24, 2.45) is 5.41 Å². The molecule has 4 heteroatoms. The summed E-state index contributed by atoms with van der Waals surface area (Å²) in [7, 11) is 1.51. The van der Waals surface area contributed by atoms with Crippen LogP contribution in [0, 0.1) is 11.2 Å². The van der Waals surface area contributed by atoms with E-state index in [9.17, 15) is 4.39 Å². The molecule has 1 spiro atoms. The van der Waals surface area contributed by atoms with Crippen LogP contribution in [0.4, 0.5) is 4.39 Å². The third-order valence-electron chi connectivity index (χ3n) is 4.70. The van der Waals surface area contributed by atoms with Crippen LogP contribution >= 0.6 is 0 Å². The number of halogens is 1. The first-order valence-corrected chi connectivity index (χ1v) is 7.46. The van der Waals surface area contributed by atoms with Gasteiger partial charge >= 0.3 is 0 Å². The Kier molecular flexibility index (Phi) is 3.94. The second-order valence-corrected chi connectivity index (χ2v) is 6.21. The van der Waals surface area contributed by atoms with Gasteiger partial charge in [-0.3, -0.25) is 4.90 Å². The van der Waals surface area contributed by atoms with Crippen molar-refractivity contribution >= 4 is 0 Å². The number of rotatable bonds is 3.